The van der Waals surface area contributed by atoms with Gasteiger partial charge in [-0.3, -0.25) is 14.2 Å². The molecule has 1 N–H and O–H groups in total. The summed E-state index contributed by atoms with van der Waals surface area (Å²) in [6, 6.07) is 5.93. The zero-order valence-electron chi connectivity index (χ0n) is 13.4. The van der Waals surface area contributed by atoms with Crippen LogP contribution in [-0.4, -0.2) is 22.0 Å². The fourth-order valence-electron chi connectivity index (χ4n) is 2.23. The average molecular weight is 341 g/mol. The maximum absolute atomic E-state index is 13.0. The lowest BCUT2D eigenvalue weighted by Gasteiger charge is -2.14. The molecule has 0 aliphatic carbocycles. The van der Waals surface area contributed by atoms with Crippen LogP contribution < -0.4 is 10.9 Å². The number of hydrogen-bond acceptors (Lipinski definition) is 3. The highest BCUT2D eigenvalue weighted by molar-refractivity contribution is 5.80. The number of aromatic nitrogens is 2. The molecule has 5 nitrogen and oxygen atoms in total. The van der Waals surface area contributed by atoms with Crippen molar-refractivity contribution in [1.82, 2.24) is 14.9 Å². The molecule has 0 atom stereocenters. The molecule has 0 aliphatic heterocycles. The van der Waals surface area contributed by atoms with Crippen molar-refractivity contribution in [2.75, 3.05) is 6.54 Å². The molecular weight excluding hydrogens is 323 g/mol. The second kappa shape index (κ2) is 7.02. The summed E-state index contributed by atoms with van der Waals surface area (Å²) in [5.74, 6) is -0.131. The number of nitrogens with zero attached hydrogens (tertiary/aromatic N) is 2. The minimum atomic E-state index is -4.88. The van der Waals surface area contributed by atoms with Gasteiger partial charge in [0.1, 0.15) is 6.54 Å². The molecule has 24 heavy (non-hydrogen) atoms. The Balaban J connectivity index is 2.39. The molecule has 0 bridgehead atoms. The summed E-state index contributed by atoms with van der Waals surface area (Å²) < 4.78 is 39.8. The lowest BCUT2D eigenvalue weighted by Crippen LogP contribution is -2.36. The van der Waals surface area contributed by atoms with Crippen LogP contribution in [-0.2, 0) is 17.5 Å². The van der Waals surface area contributed by atoms with Gasteiger partial charge < -0.3 is 5.32 Å². The predicted octanol–water partition coefficient (Wildman–Crippen LogP) is 2.58. The SMILES string of the molecule is CC(C)CCNC(=O)Cn1c(=O)c(C(F)(F)F)nc2ccccc21. The van der Waals surface area contributed by atoms with Crippen LogP contribution in [0.25, 0.3) is 11.0 Å². The number of para-hydroxylation sites is 2. The third-order valence-corrected chi connectivity index (χ3v) is 3.47. The topological polar surface area (TPSA) is 64.0 Å². The van der Waals surface area contributed by atoms with Gasteiger partial charge in [0, 0.05) is 6.54 Å². The largest absolute Gasteiger partial charge is 0.438 e. The molecular formula is C16H18F3N3O2. The molecule has 2 rings (SSSR count). The summed E-state index contributed by atoms with van der Waals surface area (Å²) in [4.78, 5) is 27.5. The zero-order chi connectivity index (χ0) is 17.9. The number of amides is 1. The molecule has 0 unspecified atom stereocenters. The van der Waals surface area contributed by atoms with Crippen molar-refractivity contribution in [2.24, 2.45) is 5.92 Å². The van der Waals surface area contributed by atoms with E-state index in [0.717, 1.165) is 11.0 Å². The van der Waals surface area contributed by atoms with Gasteiger partial charge in [0.25, 0.3) is 5.56 Å². The smallest absolute Gasteiger partial charge is 0.355 e. The van der Waals surface area contributed by atoms with Crippen LogP contribution in [0.1, 0.15) is 26.0 Å². The molecule has 0 saturated heterocycles. The number of alkyl halides is 3. The van der Waals surface area contributed by atoms with Crippen molar-refractivity contribution in [2.45, 2.75) is 33.0 Å². The Hall–Kier alpha value is -2.38. The van der Waals surface area contributed by atoms with Crippen molar-refractivity contribution >= 4 is 16.9 Å². The Morgan fingerprint density at radius 1 is 1.29 bits per heavy atom. The molecule has 130 valence electrons. The van der Waals surface area contributed by atoms with E-state index in [9.17, 15) is 22.8 Å². The number of rotatable bonds is 5. The van der Waals surface area contributed by atoms with Gasteiger partial charge in [0.05, 0.1) is 11.0 Å². The van der Waals surface area contributed by atoms with Crippen LogP contribution in [0.4, 0.5) is 13.2 Å². The van der Waals surface area contributed by atoms with Crippen LogP contribution in [0.2, 0.25) is 0 Å². The van der Waals surface area contributed by atoms with Crippen LogP contribution >= 0.6 is 0 Å². The highest BCUT2D eigenvalue weighted by Crippen LogP contribution is 2.26. The number of carbonyl (C=O) groups excluding carboxylic acids is 1. The number of benzene rings is 1. The molecule has 1 heterocycles. The zero-order valence-corrected chi connectivity index (χ0v) is 13.4. The van der Waals surface area contributed by atoms with Crippen molar-refractivity contribution in [1.29, 1.82) is 0 Å². The third kappa shape index (κ3) is 4.12. The maximum Gasteiger partial charge on any atom is 0.438 e. The second-order valence-electron chi connectivity index (χ2n) is 5.87. The van der Waals surface area contributed by atoms with Gasteiger partial charge in [-0.05, 0) is 24.5 Å². The Morgan fingerprint density at radius 2 is 1.96 bits per heavy atom. The third-order valence-electron chi connectivity index (χ3n) is 3.47. The Labute approximate surface area is 136 Å². The van der Waals surface area contributed by atoms with Gasteiger partial charge in [0.15, 0.2) is 0 Å². The monoisotopic (exact) mass is 341 g/mol. The number of fused-ring (bicyclic) bond motifs is 1. The van der Waals surface area contributed by atoms with E-state index in [4.69, 9.17) is 0 Å². The summed E-state index contributed by atoms with van der Waals surface area (Å²) in [5.41, 5.74) is -2.63. The van der Waals surface area contributed by atoms with E-state index in [1.54, 1.807) is 6.07 Å². The molecule has 2 aromatic rings. The lowest BCUT2D eigenvalue weighted by molar-refractivity contribution is -0.142. The fraction of sp³-hybridized carbons (Fsp3) is 0.438. The summed E-state index contributed by atoms with van der Waals surface area (Å²) in [5, 5.41) is 2.61. The number of carbonyl (C=O) groups is 1. The summed E-state index contributed by atoms with van der Waals surface area (Å²) in [7, 11) is 0. The van der Waals surface area contributed by atoms with E-state index in [1.807, 2.05) is 13.8 Å². The lowest BCUT2D eigenvalue weighted by atomic mass is 10.1. The highest BCUT2D eigenvalue weighted by atomic mass is 19.4. The van der Waals surface area contributed by atoms with E-state index in [2.05, 4.69) is 10.3 Å². The highest BCUT2D eigenvalue weighted by Gasteiger charge is 2.37. The first kappa shape index (κ1) is 18.0. The normalized spacial score (nSPS) is 11.9. The fourth-order valence-corrected chi connectivity index (χ4v) is 2.23. The summed E-state index contributed by atoms with van der Waals surface area (Å²) >= 11 is 0. The second-order valence-corrected chi connectivity index (χ2v) is 5.87. The van der Waals surface area contributed by atoms with E-state index in [0.29, 0.717) is 12.5 Å². The number of nitrogens with one attached hydrogen (secondary N) is 1. The Morgan fingerprint density at radius 3 is 2.58 bits per heavy atom. The van der Waals surface area contributed by atoms with Crippen LogP contribution in [0.5, 0.6) is 0 Å². The minimum Gasteiger partial charge on any atom is -0.355 e. The van der Waals surface area contributed by atoms with Crippen molar-refractivity contribution < 1.29 is 18.0 Å². The molecule has 0 fully saturated rings. The van der Waals surface area contributed by atoms with Crippen LogP contribution in [0.3, 0.4) is 0 Å². The minimum absolute atomic E-state index is 0.0133. The van der Waals surface area contributed by atoms with Gasteiger partial charge in [-0.2, -0.15) is 13.2 Å². The first-order valence-corrected chi connectivity index (χ1v) is 7.53. The number of halogens is 3. The van der Waals surface area contributed by atoms with E-state index >= 15 is 0 Å². The van der Waals surface area contributed by atoms with Crippen molar-refractivity contribution in [3.05, 3.63) is 40.3 Å². The maximum atomic E-state index is 13.0. The molecule has 0 radical (unpaired) electrons. The molecule has 1 amide bonds. The van der Waals surface area contributed by atoms with E-state index < -0.39 is 29.9 Å². The van der Waals surface area contributed by atoms with Gasteiger partial charge in [-0.25, -0.2) is 4.98 Å². The quantitative estimate of drug-likeness (QED) is 0.909. The molecule has 0 aliphatic rings. The Kier molecular flexibility index (Phi) is 5.26. The summed E-state index contributed by atoms with van der Waals surface area (Å²) in [6.07, 6.45) is -4.14. The molecule has 1 aromatic heterocycles. The van der Waals surface area contributed by atoms with Crippen LogP contribution in [0, 0.1) is 5.92 Å². The predicted molar refractivity (Wildman–Crippen MR) is 83.5 cm³/mol. The molecule has 1 aromatic carbocycles. The van der Waals surface area contributed by atoms with E-state index in [-0.39, 0.29) is 11.0 Å². The van der Waals surface area contributed by atoms with E-state index in [1.165, 1.54) is 18.2 Å². The standard InChI is InChI=1S/C16H18F3N3O2/c1-10(2)7-8-20-13(23)9-22-12-6-4-3-5-11(12)21-14(15(22)24)16(17,18)19/h3-6,10H,7-9H2,1-2H3,(H,20,23). The number of hydrogen-bond donors (Lipinski definition) is 1. The van der Waals surface area contributed by atoms with Gasteiger partial charge >= 0.3 is 6.18 Å². The molecule has 0 saturated carbocycles. The first-order chi connectivity index (χ1) is 11.2. The first-order valence-electron chi connectivity index (χ1n) is 7.53. The molecule has 0 spiro atoms. The van der Waals surface area contributed by atoms with Crippen molar-refractivity contribution in [3.63, 3.8) is 0 Å². The molecule has 8 heteroatoms. The van der Waals surface area contributed by atoms with Gasteiger partial charge in [-0.15, -0.1) is 0 Å². The van der Waals surface area contributed by atoms with Gasteiger partial charge in [0.2, 0.25) is 11.6 Å². The van der Waals surface area contributed by atoms with Crippen molar-refractivity contribution in [3.8, 4) is 0 Å². The summed E-state index contributed by atoms with van der Waals surface area (Å²) in [6.45, 7) is 3.90. The Bertz CT molecular complexity index is 797. The van der Waals surface area contributed by atoms with Gasteiger partial charge in [-0.1, -0.05) is 26.0 Å². The van der Waals surface area contributed by atoms with Crippen LogP contribution in [0.15, 0.2) is 29.1 Å². The average Bonchev–Trinajstić information content (AvgIpc) is 2.48.